The summed E-state index contributed by atoms with van der Waals surface area (Å²) in [5, 5.41) is 1.12. The number of likely N-dealkylation sites (tertiary alicyclic amines) is 1. The van der Waals surface area contributed by atoms with Gasteiger partial charge in [-0.1, -0.05) is 0 Å². The van der Waals surface area contributed by atoms with Crippen molar-refractivity contribution in [3.8, 4) is 0 Å². The van der Waals surface area contributed by atoms with E-state index in [-0.39, 0.29) is 12.5 Å². The second-order valence-corrected chi connectivity index (χ2v) is 8.06. The highest BCUT2D eigenvalue weighted by Crippen LogP contribution is 2.32. The summed E-state index contributed by atoms with van der Waals surface area (Å²) in [7, 11) is 3.25. The van der Waals surface area contributed by atoms with Crippen molar-refractivity contribution in [2.24, 2.45) is 14.1 Å². The van der Waals surface area contributed by atoms with Gasteiger partial charge in [-0.2, -0.15) is 0 Å². The molecule has 10 nitrogen and oxygen atoms in total. The van der Waals surface area contributed by atoms with E-state index in [4.69, 9.17) is 0 Å². The molecule has 1 fully saturated rings. The Morgan fingerprint density at radius 2 is 1.97 bits per heavy atom. The van der Waals surface area contributed by atoms with Crippen LogP contribution in [-0.4, -0.2) is 52.5 Å². The summed E-state index contributed by atoms with van der Waals surface area (Å²) in [5.74, 6) is 0.114. The van der Waals surface area contributed by atoms with E-state index < -0.39 is 11.2 Å². The summed E-state index contributed by atoms with van der Waals surface area (Å²) in [6.45, 7) is 0.896. The zero-order chi connectivity index (χ0) is 21.7. The van der Waals surface area contributed by atoms with Crippen LogP contribution in [0.5, 0.6) is 0 Å². The van der Waals surface area contributed by atoms with E-state index in [1.165, 1.54) is 16.5 Å². The third-order valence-electron chi connectivity index (χ3n) is 6.26. The van der Waals surface area contributed by atoms with Crippen molar-refractivity contribution in [1.29, 1.82) is 0 Å². The highest BCUT2D eigenvalue weighted by molar-refractivity contribution is 5.80. The largest absolute Gasteiger partial charge is 0.346 e. The summed E-state index contributed by atoms with van der Waals surface area (Å²) in [6.07, 6.45) is 6.90. The molecule has 0 unspecified atom stereocenters. The molecular formula is C21H23N7O3. The van der Waals surface area contributed by atoms with Gasteiger partial charge in [-0.15, -0.1) is 0 Å². The van der Waals surface area contributed by atoms with Gasteiger partial charge in [-0.3, -0.25) is 14.2 Å². The topological polar surface area (TPSA) is 111 Å². The number of aromatic nitrogens is 6. The van der Waals surface area contributed by atoms with Gasteiger partial charge in [0.25, 0.3) is 5.56 Å². The van der Waals surface area contributed by atoms with Crippen molar-refractivity contribution < 1.29 is 4.79 Å². The molecular weight excluding hydrogens is 398 g/mol. The van der Waals surface area contributed by atoms with Crippen LogP contribution in [-0.2, 0) is 25.4 Å². The maximum atomic E-state index is 12.9. The minimum Gasteiger partial charge on any atom is -0.346 e. The number of fused-ring (bicyclic) bond motifs is 2. The van der Waals surface area contributed by atoms with Crippen LogP contribution < -0.4 is 11.2 Å². The highest BCUT2D eigenvalue weighted by Gasteiger charge is 2.27. The fraction of sp³-hybridized carbons (Fsp3) is 0.381. The van der Waals surface area contributed by atoms with Gasteiger partial charge in [-0.05, 0) is 36.5 Å². The fourth-order valence-electron chi connectivity index (χ4n) is 4.53. The Balaban J connectivity index is 1.34. The minimum absolute atomic E-state index is 0.222. The molecule has 1 saturated heterocycles. The Morgan fingerprint density at radius 3 is 2.74 bits per heavy atom. The lowest BCUT2D eigenvalue weighted by atomic mass is 9.89. The van der Waals surface area contributed by atoms with Crippen molar-refractivity contribution in [1.82, 2.24) is 33.6 Å². The van der Waals surface area contributed by atoms with E-state index in [1.807, 2.05) is 12.3 Å². The van der Waals surface area contributed by atoms with Gasteiger partial charge in [0.2, 0.25) is 5.91 Å². The Labute approximate surface area is 176 Å². The predicted octanol–water partition coefficient (Wildman–Crippen LogP) is 0.716. The summed E-state index contributed by atoms with van der Waals surface area (Å²) < 4.78 is 3.88. The Kier molecular flexibility index (Phi) is 4.49. The SMILES string of the molecule is Cn1cnc2c1c(=O)n(CC(=O)N1CCC(c3c[nH]c4ncccc34)CC1)c(=O)n2C. The van der Waals surface area contributed by atoms with Gasteiger partial charge >= 0.3 is 5.69 Å². The quantitative estimate of drug-likeness (QED) is 0.524. The number of aromatic amines is 1. The Morgan fingerprint density at radius 1 is 1.19 bits per heavy atom. The summed E-state index contributed by atoms with van der Waals surface area (Å²) in [6, 6.07) is 3.98. The average molecular weight is 421 g/mol. The molecule has 0 aromatic carbocycles. The van der Waals surface area contributed by atoms with E-state index in [1.54, 1.807) is 29.8 Å². The molecule has 31 heavy (non-hydrogen) atoms. The second-order valence-electron chi connectivity index (χ2n) is 8.06. The molecule has 5 heterocycles. The number of imidazole rings is 1. The van der Waals surface area contributed by atoms with Crippen molar-refractivity contribution >= 4 is 28.1 Å². The molecule has 160 valence electrons. The Hall–Kier alpha value is -3.69. The van der Waals surface area contributed by atoms with E-state index in [9.17, 15) is 14.4 Å². The number of carbonyl (C=O) groups is 1. The third-order valence-corrected chi connectivity index (χ3v) is 6.26. The number of hydrogen-bond donors (Lipinski definition) is 1. The number of aryl methyl sites for hydroxylation is 2. The molecule has 1 N–H and O–H groups in total. The van der Waals surface area contributed by atoms with E-state index >= 15 is 0 Å². The maximum absolute atomic E-state index is 12.9. The smallest absolute Gasteiger partial charge is 0.332 e. The number of H-pyrrole nitrogens is 1. The zero-order valence-corrected chi connectivity index (χ0v) is 17.4. The summed E-state index contributed by atoms with van der Waals surface area (Å²) in [5.41, 5.74) is 1.69. The minimum atomic E-state index is -0.536. The number of rotatable bonds is 3. The van der Waals surface area contributed by atoms with Gasteiger partial charge in [0.15, 0.2) is 11.2 Å². The molecule has 1 aliphatic rings. The molecule has 0 atom stereocenters. The van der Waals surface area contributed by atoms with Crippen LogP contribution in [0.1, 0.15) is 24.3 Å². The average Bonchev–Trinajstić information content (AvgIpc) is 3.39. The fourth-order valence-corrected chi connectivity index (χ4v) is 4.53. The van der Waals surface area contributed by atoms with Crippen LogP contribution in [0.3, 0.4) is 0 Å². The van der Waals surface area contributed by atoms with Crippen LogP contribution in [0.2, 0.25) is 0 Å². The van der Waals surface area contributed by atoms with Crippen molar-refractivity contribution in [3.05, 3.63) is 57.3 Å². The van der Waals surface area contributed by atoms with Crippen LogP contribution in [0.25, 0.3) is 22.2 Å². The maximum Gasteiger partial charge on any atom is 0.332 e. The summed E-state index contributed by atoms with van der Waals surface area (Å²) in [4.78, 5) is 51.8. The molecule has 4 aromatic heterocycles. The number of pyridine rings is 1. The van der Waals surface area contributed by atoms with Crippen molar-refractivity contribution in [3.63, 3.8) is 0 Å². The van der Waals surface area contributed by atoms with Crippen molar-refractivity contribution in [2.75, 3.05) is 13.1 Å². The van der Waals surface area contributed by atoms with E-state index in [0.29, 0.717) is 30.2 Å². The number of piperidine rings is 1. The molecule has 1 amide bonds. The molecule has 0 bridgehead atoms. The van der Waals surface area contributed by atoms with Gasteiger partial charge < -0.3 is 14.5 Å². The second kappa shape index (κ2) is 7.22. The zero-order valence-electron chi connectivity index (χ0n) is 17.4. The highest BCUT2D eigenvalue weighted by atomic mass is 16.2. The molecule has 0 saturated carbocycles. The van der Waals surface area contributed by atoms with Crippen LogP contribution in [0.15, 0.2) is 40.4 Å². The van der Waals surface area contributed by atoms with Gasteiger partial charge in [0.1, 0.15) is 12.2 Å². The van der Waals surface area contributed by atoms with Gasteiger partial charge in [0.05, 0.1) is 6.33 Å². The number of nitrogens with one attached hydrogen (secondary N) is 1. The van der Waals surface area contributed by atoms with Crippen LogP contribution in [0, 0.1) is 0 Å². The number of nitrogens with zero attached hydrogens (tertiary/aromatic N) is 6. The first-order valence-corrected chi connectivity index (χ1v) is 10.3. The molecule has 0 spiro atoms. The van der Waals surface area contributed by atoms with Gasteiger partial charge in [-0.25, -0.2) is 19.3 Å². The first-order valence-electron chi connectivity index (χ1n) is 10.3. The molecule has 1 aliphatic heterocycles. The lowest BCUT2D eigenvalue weighted by molar-refractivity contribution is -0.133. The van der Waals surface area contributed by atoms with E-state index in [0.717, 1.165) is 28.4 Å². The summed E-state index contributed by atoms with van der Waals surface area (Å²) >= 11 is 0. The first-order chi connectivity index (χ1) is 15.0. The molecule has 0 aliphatic carbocycles. The standard InChI is InChI=1S/C21H23N7O3/c1-25-12-24-19-17(25)20(30)28(21(31)26(19)2)11-16(29)27-8-5-13(6-9-27)15-10-23-18-14(15)4-3-7-22-18/h3-4,7,10,12-13H,5-6,8-9,11H2,1-2H3,(H,22,23). The number of amides is 1. The molecule has 5 rings (SSSR count). The monoisotopic (exact) mass is 421 g/mol. The molecule has 10 heteroatoms. The van der Waals surface area contributed by atoms with Crippen molar-refractivity contribution in [2.45, 2.75) is 25.3 Å². The lowest BCUT2D eigenvalue weighted by Crippen LogP contribution is -2.46. The van der Waals surface area contributed by atoms with E-state index in [2.05, 4.69) is 21.0 Å². The normalized spacial score (nSPS) is 15.2. The lowest BCUT2D eigenvalue weighted by Gasteiger charge is -2.32. The third kappa shape index (κ3) is 3.06. The first kappa shape index (κ1) is 19.3. The number of hydrogen-bond acceptors (Lipinski definition) is 5. The van der Waals surface area contributed by atoms with Crippen LogP contribution >= 0.6 is 0 Å². The Bertz CT molecular complexity index is 1420. The predicted molar refractivity (Wildman–Crippen MR) is 115 cm³/mol. The molecule has 0 radical (unpaired) electrons. The van der Waals surface area contributed by atoms with Crippen LogP contribution in [0.4, 0.5) is 0 Å². The molecule has 4 aromatic rings. The van der Waals surface area contributed by atoms with Gasteiger partial charge in [0, 0.05) is 45.0 Å². The number of carbonyl (C=O) groups excluding carboxylic acids is 1.